The van der Waals surface area contributed by atoms with Gasteiger partial charge in [0.25, 0.3) is 15.9 Å². The number of hydrazine groups is 1. The van der Waals surface area contributed by atoms with Crippen molar-refractivity contribution in [1.29, 1.82) is 0 Å². The van der Waals surface area contributed by atoms with Gasteiger partial charge in [-0.2, -0.15) is 0 Å². The molecule has 0 atom stereocenters. The lowest BCUT2D eigenvalue weighted by Gasteiger charge is -2.11. The van der Waals surface area contributed by atoms with Crippen molar-refractivity contribution in [3.63, 3.8) is 0 Å². The number of hydrogen-bond donors (Lipinski definition) is 2. The number of ether oxygens (including phenoxy) is 1. The van der Waals surface area contributed by atoms with Crippen LogP contribution in [-0.4, -0.2) is 26.7 Å². The third-order valence-electron chi connectivity index (χ3n) is 3.72. The van der Waals surface area contributed by atoms with Crippen LogP contribution < -0.4 is 15.0 Å². The van der Waals surface area contributed by atoms with Crippen LogP contribution in [0, 0.1) is 13.8 Å². The van der Waals surface area contributed by atoms with Gasteiger partial charge in [0, 0.05) is 5.56 Å². The summed E-state index contributed by atoms with van der Waals surface area (Å²) < 4.78 is 29.7. The molecule has 7 nitrogen and oxygen atoms in total. The Balaban J connectivity index is 1.94. The van der Waals surface area contributed by atoms with E-state index in [1.54, 1.807) is 12.1 Å². The highest BCUT2D eigenvalue weighted by molar-refractivity contribution is 7.89. The first-order valence-corrected chi connectivity index (χ1v) is 9.29. The van der Waals surface area contributed by atoms with Crippen molar-refractivity contribution in [2.24, 2.45) is 0 Å². The summed E-state index contributed by atoms with van der Waals surface area (Å²) in [7, 11) is -4.00. The minimum atomic E-state index is -4.00. The van der Waals surface area contributed by atoms with Gasteiger partial charge >= 0.3 is 0 Å². The fourth-order valence-corrected chi connectivity index (χ4v) is 2.96. The molecule has 26 heavy (non-hydrogen) atoms. The van der Waals surface area contributed by atoms with E-state index >= 15 is 0 Å². The van der Waals surface area contributed by atoms with Crippen molar-refractivity contribution >= 4 is 21.7 Å². The SMILES string of the molecule is CC(=O)c1cccc(S(=O)(=O)NNC(=O)COc2ccc(C)c(C)c2)c1. The third-order valence-corrected chi connectivity index (χ3v) is 4.97. The lowest BCUT2D eigenvalue weighted by atomic mass is 10.1. The minimum absolute atomic E-state index is 0.124. The molecule has 0 heterocycles. The number of carbonyl (C=O) groups excluding carboxylic acids is 2. The summed E-state index contributed by atoms with van der Waals surface area (Å²) in [4.78, 5) is 25.0. The van der Waals surface area contributed by atoms with Crippen LogP contribution in [0.1, 0.15) is 28.4 Å². The van der Waals surface area contributed by atoms with Crippen molar-refractivity contribution in [1.82, 2.24) is 10.3 Å². The van der Waals surface area contributed by atoms with Gasteiger partial charge in [0.15, 0.2) is 12.4 Å². The van der Waals surface area contributed by atoms with Crippen molar-refractivity contribution in [2.45, 2.75) is 25.7 Å². The number of rotatable bonds is 7. The van der Waals surface area contributed by atoms with Gasteiger partial charge in [0.1, 0.15) is 5.75 Å². The quantitative estimate of drug-likeness (QED) is 0.568. The average Bonchev–Trinajstić information content (AvgIpc) is 2.61. The van der Waals surface area contributed by atoms with E-state index in [0.717, 1.165) is 11.1 Å². The smallest absolute Gasteiger partial charge is 0.272 e. The highest BCUT2D eigenvalue weighted by atomic mass is 32.2. The summed E-state index contributed by atoms with van der Waals surface area (Å²) in [6, 6.07) is 10.9. The standard InChI is InChI=1S/C18H20N2O5S/c1-12-7-8-16(9-13(12)2)25-11-18(22)19-20-26(23,24)17-6-4-5-15(10-17)14(3)21/h4-10,20H,11H2,1-3H3,(H,19,22). The Morgan fingerprint density at radius 3 is 2.42 bits per heavy atom. The number of hydrogen-bond acceptors (Lipinski definition) is 5. The molecule has 0 aliphatic heterocycles. The zero-order chi connectivity index (χ0) is 19.3. The van der Waals surface area contributed by atoms with Crippen molar-refractivity contribution in [3.05, 3.63) is 59.2 Å². The van der Waals surface area contributed by atoms with Gasteiger partial charge in [-0.25, -0.2) is 8.42 Å². The molecule has 0 bridgehead atoms. The van der Waals surface area contributed by atoms with E-state index in [1.807, 2.05) is 24.7 Å². The molecule has 0 aliphatic carbocycles. The number of Topliss-reactive ketones (excluding diaryl/α,β-unsaturated/α-hetero) is 1. The molecule has 0 radical (unpaired) electrons. The lowest BCUT2D eigenvalue weighted by molar-refractivity contribution is -0.123. The molecular weight excluding hydrogens is 356 g/mol. The van der Waals surface area contributed by atoms with Gasteiger partial charge in [0.05, 0.1) is 4.90 Å². The van der Waals surface area contributed by atoms with Gasteiger partial charge in [-0.3, -0.25) is 15.0 Å². The van der Waals surface area contributed by atoms with E-state index in [4.69, 9.17) is 4.74 Å². The molecule has 0 saturated carbocycles. The minimum Gasteiger partial charge on any atom is -0.484 e. The molecule has 2 rings (SSSR count). The number of sulfonamides is 1. The summed E-state index contributed by atoms with van der Waals surface area (Å²) >= 11 is 0. The Kier molecular flexibility index (Phi) is 6.12. The highest BCUT2D eigenvalue weighted by Crippen LogP contribution is 2.16. The van der Waals surface area contributed by atoms with Crippen molar-refractivity contribution in [2.75, 3.05) is 6.61 Å². The van der Waals surface area contributed by atoms with E-state index in [0.29, 0.717) is 5.75 Å². The number of ketones is 1. The molecule has 0 spiro atoms. The fourth-order valence-electron chi connectivity index (χ4n) is 2.05. The predicted octanol–water partition coefficient (Wildman–Crippen LogP) is 1.89. The Bertz CT molecular complexity index is 938. The molecule has 2 aromatic rings. The van der Waals surface area contributed by atoms with Gasteiger partial charge < -0.3 is 4.74 Å². The second-order valence-corrected chi connectivity index (χ2v) is 7.45. The average molecular weight is 376 g/mol. The summed E-state index contributed by atoms with van der Waals surface area (Å²) in [6.07, 6.45) is 0. The second-order valence-electron chi connectivity index (χ2n) is 5.77. The lowest BCUT2D eigenvalue weighted by Crippen LogP contribution is -2.43. The van der Waals surface area contributed by atoms with E-state index in [-0.39, 0.29) is 22.8 Å². The summed E-state index contributed by atoms with van der Waals surface area (Å²) in [6.45, 7) is 4.87. The zero-order valence-corrected chi connectivity index (χ0v) is 15.5. The largest absolute Gasteiger partial charge is 0.484 e. The molecule has 8 heteroatoms. The van der Waals surface area contributed by atoms with Crippen LogP contribution in [0.15, 0.2) is 47.4 Å². The summed E-state index contributed by atoms with van der Waals surface area (Å²) in [5.41, 5.74) is 4.46. The Morgan fingerprint density at radius 2 is 1.77 bits per heavy atom. The molecule has 0 aliphatic rings. The van der Waals surface area contributed by atoms with E-state index < -0.39 is 15.9 Å². The van der Waals surface area contributed by atoms with Crippen LogP contribution in [-0.2, 0) is 14.8 Å². The zero-order valence-electron chi connectivity index (χ0n) is 14.7. The summed E-state index contributed by atoms with van der Waals surface area (Å²) in [5, 5.41) is 0. The molecule has 2 aromatic carbocycles. The molecule has 0 fully saturated rings. The topological polar surface area (TPSA) is 102 Å². The van der Waals surface area contributed by atoms with E-state index in [2.05, 4.69) is 5.43 Å². The van der Waals surface area contributed by atoms with Crippen molar-refractivity contribution in [3.8, 4) is 5.75 Å². The predicted molar refractivity (Wildman–Crippen MR) is 96.3 cm³/mol. The number of aryl methyl sites for hydroxylation is 2. The van der Waals surface area contributed by atoms with Gasteiger partial charge in [-0.15, -0.1) is 4.83 Å². The van der Waals surface area contributed by atoms with Gasteiger partial charge in [-0.1, -0.05) is 18.2 Å². The van der Waals surface area contributed by atoms with E-state index in [1.165, 1.54) is 31.2 Å². The van der Waals surface area contributed by atoms with Crippen molar-refractivity contribution < 1.29 is 22.7 Å². The maximum absolute atomic E-state index is 12.2. The maximum Gasteiger partial charge on any atom is 0.272 e. The second kappa shape index (κ2) is 8.11. The molecule has 0 unspecified atom stereocenters. The number of benzene rings is 2. The van der Waals surface area contributed by atoms with Crippen LogP contribution in [0.25, 0.3) is 0 Å². The summed E-state index contributed by atoms with van der Waals surface area (Å²) in [5.74, 6) is -0.400. The van der Waals surface area contributed by atoms with E-state index in [9.17, 15) is 18.0 Å². The number of carbonyl (C=O) groups is 2. The van der Waals surface area contributed by atoms with Crippen LogP contribution >= 0.6 is 0 Å². The molecular formula is C18H20N2O5S. The molecule has 138 valence electrons. The Hall–Kier alpha value is -2.71. The maximum atomic E-state index is 12.2. The first-order chi connectivity index (χ1) is 12.2. The van der Waals surface area contributed by atoms with Crippen LogP contribution in [0.2, 0.25) is 0 Å². The van der Waals surface area contributed by atoms with Crippen LogP contribution in [0.5, 0.6) is 5.75 Å². The molecule has 1 amide bonds. The van der Waals surface area contributed by atoms with Gasteiger partial charge in [-0.05, 0) is 56.2 Å². The Morgan fingerprint density at radius 1 is 1.04 bits per heavy atom. The highest BCUT2D eigenvalue weighted by Gasteiger charge is 2.16. The molecule has 2 N–H and O–H groups in total. The number of amides is 1. The molecule has 0 aromatic heterocycles. The van der Waals surface area contributed by atoms with Crippen LogP contribution in [0.3, 0.4) is 0 Å². The Labute approximate surface area is 152 Å². The number of nitrogens with one attached hydrogen (secondary N) is 2. The van der Waals surface area contributed by atoms with Gasteiger partial charge in [0.2, 0.25) is 0 Å². The fraction of sp³-hybridized carbons (Fsp3) is 0.222. The first-order valence-electron chi connectivity index (χ1n) is 7.81. The first kappa shape index (κ1) is 19.6. The normalized spacial score (nSPS) is 11.0. The van der Waals surface area contributed by atoms with Crippen LogP contribution in [0.4, 0.5) is 0 Å². The third kappa shape index (κ3) is 5.14. The molecule has 0 saturated heterocycles. The monoisotopic (exact) mass is 376 g/mol.